The number of carboxylic acid groups (broad SMARTS) is 4. The first-order valence-corrected chi connectivity index (χ1v) is 8.11. The van der Waals surface area contributed by atoms with E-state index in [0.29, 0.717) is 0 Å². The van der Waals surface area contributed by atoms with Gasteiger partial charge in [-0.15, -0.1) is 0 Å². The summed E-state index contributed by atoms with van der Waals surface area (Å²) in [6, 6.07) is 0. The van der Waals surface area contributed by atoms with Gasteiger partial charge in [0.15, 0.2) is 0 Å². The van der Waals surface area contributed by atoms with Crippen LogP contribution in [0.1, 0.15) is 25.7 Å². The van der Waals surface area contributed by atoms with Gasteiger partial charge in [-0.05, 0) is 49.4 Å². The maximum absolute atomic E-state index is 11.9. The normalized spacial score (nSPS) is 50.7. The standard InChI is InChI=1S/C16H18O8/c17-11(18)7-1-5-6(2-8(7)12(19)20)10-4-16(10,14(23)24)15(13(21)22)3-9(5)15/h5-10H,1-4H2,(H,17,18)(H,19,20)(H,21,22)(H,23,24). The molecular formula is C16H18O8. The van der Waals surface area contributed by atoms with Crippen molar-refractivity contribution in [1.82, 2.24) is 0 Å². The molecule has 0 aromatic carbocycles. The Bertz CT molecular complexity index is 628. The average Bonchev–Trinajstić information content (AvgIpc) is 3.36. The largest absolute Gasteiger partial charge is 0.481 e. The quantitative estimate of drug-likeness (QED) is 0.582. The van der Waals surface area contributed by atoms with Crippen LogP contribution in [-0.2, 0) is 19.2 Å². The minimum Gasteiger partial charge on any atom is -0.481 e. The van der Waals surface area contributed by atoms with Gasteiger partial charge in [0.1, 0.15) is 0 Å². The maximum atomic E-state index is 11.9. The Morgan fingerprint density at radius 2 is 1.00 bits per heavy atom. The van der Waals surface area contributed by atoms with Crippen molar-refractivity contribution in [3.8, 4) is 0 Å². The molecule has 0 aliphatic heterocycles. The van der Waals surface area contributed by atoms with Crippen molar-refractivity contribution in [3.05, 3.63) is 0 Å². The van der Waals surface area contributed by atoms with Crippen LogP contribution in [0.15, 0.2) is 0 Å². The number of carboxylic acids is 4. The van der Waals surface area contributed by atoms with Crippen molar-refractivity contribution in [2.24, 2.45) is 46.3 Å². The Balaban J connectivity index is 1.73. The molecule has 0 spiro atoms. The molecule has 0 amide bonds. The van der Waals surface area contributed by atoms with Crippen LogP contribution in [0.2, 0.25) is 0 Å². The van der Waals surface area contributed by atoms with Gasteiger partial charge < -0.3 is 20.4 Å². The molecule has 0 heterocycles. The van der Waals surface area contributed by atoms with E-state index in [1.165, 1.54) is 0 Å². The van der Waals surface area contributed by atoms with E-state index in [1.54, 1.807) is 0 Å². The Morgan fingerprint density at radius 3 is 1.25 bits per heavy atom. The molecule has 4 rings (SSSR count). The van der Waals surface area contributed by atoms with E-state index in [0.717, 1.165) is 0 Å². The maximum Gasteiger partial charge on any atom is 0.311 e. The fourth-order valence-corrected chi connectivity index (χ4v) is 6.24. The molecule has 0 saturated heterocycles. The highest BCUT2D eigenvalue weighted by Crippen LogP contribution is 2.85. The molecule has 8 nitrogen and oxygen atoms in total. The molecule has 8 atom stereocenters. The van der Waals surface area contributed by atoms with E-state index in [1.807, 2.05) is 0 Å². The molecule has 4 N–H and O–H groups in total. The summed E-state index contributed by atoms with van der Waals surface area (Å²) in [6.07, 6.45) is 0.776. The summed E-state index contributed by atoms with van der Waals surface area (Å²) in [5.74, 6) is -7.76. The zero-order valence-corrected chi connectivity index (χ0v) is 12.7. The third-order valence-corrected chi connectivity index (χ3v) is 7.34. The number of hydrogen-bond donors (Lipinski definition) is 4. The fourth-order valence-electron chi connectivity index (χ4n) is 6.24. The van der Waals surface area contributed by atoms with Crippen molar-refractivity contribution in [1.29, 1.82) is 0 Å². The second kappa shape index (κ2) is 4.29. The van der Waals surface area contributed by atoms with Crippen LogP contribution in [0.5, 0.6) is 0 Å². The summed E-state index contributed by atoms with van der Waals surface area (Å²) in [5, 5.41) is 38.1. The molecule has 0 radical (unpaired) electrons. The molecule has 4 fully saturated rings. The smallest absolute Gasteiger partial charge is 0.311 e. The predicted molar refractivity (Wildman–Crippen MR) is 74.8 cm³/mol. The Kier molecular flexibility index (Phi) is 2.75. The van der Waals surface area contributed by atoms with Gasteiger partial charge in [-0.3, -0.25) is 19.2 Å². The van der Waals surface area contributed by atoms with Crippen molar-refractivity contribution in [2.75, 3.05) is 0 Å². The highest BCUT2D eigenvalue weighted by atomic mass is 16.4. The number of rotatable bonds is 4. The molecule has 8 unspecified atom stereocenters. The summed E-state index contributed by atoms with van der Waals surface area (Å²) in [6.45, 7) is 0. The highest BCUT2D eigenvalue weighted by molar-refractivity contribution is 5.93. The first kappa shape index (κ1) is 15.4. The fraction of sp³-hybridized carbons (Fsp3) is 0.750. The van der Waals surface area contributed by atoms with Gasteiger partial charge in [0.2, 0.25) is 0 Å². The van der Waals surface area contributed by atoms with Crippen molar-refractivity contribution < 1.29 is 39.6 Å². The number of fused-ring (bicyclic) bond motifs is 6. The van der Waals surface area contributed by atoms with E-state index in [2.05, 4.69) is 0 Å². The molecular weight excluding hydrogens is 320 g/mol. The molecule has 0 bridgehead atoms. The van der Waals surface area contributed by atoms with Crippen molar-refractivity contribution in [2.45, 2.75) is 25.7 Å². The van der Waals surface area contributed by atoms with Gasteiger partial charge in [-0.25, -0.2) is 0 Å². The lowest BCUT2D eigenvalue weighted by atomic mass is 9.58. The van der Waals surface area contributed by atoms with Crippen LogP contribution in [0, 0.1) is 46.3 Å². The van der Waals surface area contributed by atoms with Crippen molar-refractivity contribution >= 4 is 23.9 Å². The summed E-state index contributed by atoms with van der Waals surface area (Å²) < 4.78 is 0. The average molecular weight is 338 g/mol. The van der Waals surface area contributed by atoms with Gasteiger partial charge in [0.25, 0.3) is 0 Å². The lowest BCUT2D eigenvalue weighted by Gasteiger charge is -2.44. The van der Waals surface area contributed by atoms with Crippen LogP contribution < -0.4 is 0 Å². The number of carbonyl (C=O) groups is 4. The van der Waals surface area contributed by atoms with Gasteiger partial charge in [0, 0.05) is 0 Å². The summed E-state index contributed by atoms with van der Waals surface area (Å²) in [7, 11) is 0. The lowest BCUT2D eigenvalue weighted by molar-refractivity contribution is -0.167. The Morgan fingerprint density at radius 1 is 0.667 bits per heavy atom. The molecule has 4 aliphatic rings. The molecule has 4 aliphatic carbocycles. The second-order valence-electron chi connectivity index (χ2n) is 7.86. The molecule has 24 heavy (non-hydrogen) atoms. The molecule has 8 heteroatoms. The van der Waals surface area contributed by atoms with Crippen LogP contribution in [0.25, 0.3) is 0 Å². The summed E-state index contributed by atoms with van der Waals surface area (Å²) in [4.78, 5) is 46.6. The van der Waals surface area contributed by atoms with Crippen LogP contribution >= 0.6 is 0 Å². The number of aliphatic carboxylic acids is 4. The third-order valence-electron chi connectivity index (χ3n) is 7.34. The Labute approximate surface area is 136 Å². The first-order valence-electron chi connectivity index (χ1n) is 8.11. The van der Waals surface area contributed by atoms with Crippen molar-refractivity contribution in [3.63, 3.8) is 0 Å². The zero-order chi connectivity index (χ0) is 17.6. The van der Waals surface area contributed by atoms with Gasteiger partial charge in [-0.1, -0.05) is 0 Å². The predicted octanol–water partition coefficient (Wildman–Crippen LogP) is 0.610. The van der Waals surface area contributed by atoms with Gasteiger partial charge >= 0.3 is 23.9 Å². The molecule has 4 saturated carbocycles. The van der Waals surface area contributed by atoms with Crippen LogP contribution in [-0.4, -0.2) is 44.3 Å². The molecule has 0 aromatic heterocycles. The molecule has 130 valence electrons. The monoisotopic (exact) mass is 338 g/mol. The second-order valence-corrected chi connectivity index (χ2v) is 7.86. The SMILES string of the molecule is O=C(O)C1CC2C(CC1C(=O)O)C1CC1(C(=O)O)C1(C(=O)O)CC21. The summed E-state index contributed by atoms with van der Waals surface area (Å²) in [5.41, 5.74) is -2.58. The summed E-state index contributed by atoms with van der Waals surface area (Å²) >= 11 is 0. The van der Waals surface area contributed by atoms with E-state index in [-0.39, 0.29) is 49.4 Å². The first-order chi connectivity index (χ1) is 11.2. The topological polar surface area (TPSA) is 149 Å². The van der Waals surface area contributed by atoms with Crippen LogP contribution in [0.3, 0.4) is 0 Å². The Hall–Kier alpha value is -2.12. The third kappa shape index (κ3) is 1.49. The minimum absolute atomic E-state index is 0.128. The van der Waals surface area contributed by atoms with Crippen LogP contribution in [0.4, 0.5) is 0 Å². The van der Waals surface area contributed by atoms with E-state index in [9.17, 15) is 39.6 Å². The highest BCUT2D eigenvalue weighted by Gasteiger charge is 2.89. The minimum atomic E-state index is -1.29. The van der Waals surface area contributed by atoms with E-state index < -0.39 is 46.5 Å². The zero-order valence-electron chi connectivity index (χ0n) is 12.7. The lowest BCUT2D eigenvalue weighted by Crippen LogP contribution is -2.49. The number of hydrogen-bond acceptors (Lipinski definition) is 4. The van der Waals surface area contributed by atoms with Gasteiger partial charge in [0.05, 0.1) is 22.7 Å². The van der Waals surface area contributed by atoms with E-state index in [4.69, 9.17) is 0 Å². The molecule has 0 aromatic rings. The van der Waals surface area contributed by atoms with Gasteiger partial charge in [-0.2, -0.15) is 0 Å². The van der Waals surface area contributed by atoms with E-state index >= 15 is 0 Å².